The molecule has 5 aromatic carbocycles. The zero-order valence-corrected chi connectivity index (χ0v) is 44.7. The van der Waals surface area contributed by atoms with Gasteiger partial charge in [0, 0.05) is 68.7 Å². The van der Waals surface area contributed by atoms with Crippen molar-refractivity contribution in [1.29, 1.82) is 0 Å². The van der Waals surface area contributed by atoms with Crippen molar-refractivity contribution < 1.29 is 53.6 Å². The van der Waals surface area contributed by atoms with Crippen LogP contribution in [0.4, 0.5) is 0 Å². The maximum Gasteiger partial charge on any atom is 0.134 e. The number of hydrogen-bond donors (Lipinski definition) is 4. The quantitative estimate of drug-likeness (QED) is 0.0266. The molecular weight excluding hydrogens is 1020 g/mol. The molecule has 0 spiro atoms. The van der Waals surface area contributed by atoms with Crippen molar-refractivity contribution in [2.45, 2.75) is 71.4 Å². The second-order valence-corrected chi connectivity index (χ2v) is 15.9. The fourth-order valence-corrected chi connectivity index (χ4v) is 5.67. The van der Waals surface area contributed by atoms with Crippen molar-refractivity contribution >= 4 is 31.9 Å². The monoisotopic (exact) mass is 1090 g/mol. The average Bonchev–Trinajstić information content (AvgIpc) is 3.41. The first-order valence-corrected chi connectivity index (χ1v) is 25.3. The van der Waals surface area contributed by atoms with E-state index in [4.69, 9.17) is 60.0 Å². The van der Waals surface area contributed by atoms with E-state index in [2.05, 4.69) is 86.0 Å². The van der Waals surface area contributed by atoms with Crippen LogP contribution in [-0.4, -0.2) is 99.2 Å². The number of terminal acetylenes is 1. The first-order chi connectivity index (χ1) is 34.3. The van der Waals surface area contributed by atoms with Crippen LogP contribution in [0.2, 0.25) is 0 Å². The van der Waals surface area contributed by atoms with Crippen molar-refractivity contribution in [1.82, 2.24) is 0 Å². The van der Waals surface area contributed by atoms with Crippen molar-refractivity contribution in [3.63, 3.8) is 0 Å². The summed E-state index contributed by atoms with van der Waals surface area (Å²) < 4.78 is 37.0. The predicted molar refractivity (Wildman–Crippen MR) is 290 cm³/mol. The third-order valence-corrected chi connectivity index (χ3v) is 9.97. The van der Waals surface area contributed by atoms with Gasteiger partial charge in [-0.2, -0.15) is 0 Å². The lowest BCUT2D eigenvalue weighted by atomic mass is 10.2. The summed E-state index contributed by atoms with van der Waals surface area (Å²) in [5, 5.41) is 34.7. The number of aliphatic hydroxyl groups is 4. The van der Waals surface area contributed by atoms with Gasteiger partial charge in [0.1, 0.15) is 23.0 Å². The second kappa shape index (κ2) is 49.1. The molecule has 5 rings (SSSR count). The summed E-state index contributed by atoms with van der Waals surface area (Å²) in [6, 6.07) is 41.5. The maximum atomic E-state index is 8.93. The van der Waals surface area contributed by atoms with E-state index in [9.17, 15) is 0 Å². The fourth-order valence-electron chi connectivity index (χ4n) is 5.19. The van der Waals surface area contributed by atoms with Gasteiger partial charge < -0.3 is 53.6 Å². The fraction of sp³-hybridized carbons (Fsp3) is 0.404. The molecule has 4 N–H and O–H groups in total. The molecule has 0 heterocycles. The van der Waals surface area contributed by atoms with Crippen LogP contribution in [0.1, 0.15) is 72.8 Å². The molecule has 0 amide bonds. The number of unbranched alkanes of at least 4 members (excludes halogenated alkanes) is 2. The zero-order chi connectivity index (χ0) is 51.6. The summed E-state index contributed by atoms with van der Waals surface area (Å²) >= 11 is 6.51. The van der Waals surface area contributed by atoms with Crippen molar-refractivity contribution in [3.05, 3.63) is 155 Å². The molecule has 0 radical (unpaired) electrons. The summed E-state index contributed by atoms with van der Waals surface area (Å²) in [4.78, 5) is 0. The van der Waals surface area contributed by atoms with Gasteiger partial charge >= 0.3 is 0 Å². The third-order valence-electron chi connectivity index (χ3n) is 8.85. The number of halogens is 2. The molecule has 0 unspecified atom stereocenters. The zero-order valence-electron chi connectivity index (χ0n) is 41.5. The minimum Gasteiger partial charge on any atom is -0.497 e. The van der Waals surface area contributed by atoms with Crippen LogP contribution >= 0.6 is 31.9 Å². The number of benzene rings is 5. The lowest BCUT2D eigenvalue weighted by Crippen LogP contribution is -1.95. The largest absolute Gasteiger partial charge is 0.497 e. The van der Waals surface area contributed by atoms with Crippen molar-refractivity contribution in [2.75, 3.05) is 78.7 Å². The van der Waals surface area contributed by atoms with Crippen LogP contribution in [0.5, 0.6) is 23.0 Å². The first kappa shape index (κ1) is 65.1. The van der Waals surface area contributed by atoms with Crippen LogP contribution in [0, 0.1) is 24.2 Å². The molecule has 0 aliphatic carbocycles. The predicted octanol–water partition coefficient (Wildman–Crippen LogP) is 11.0. The van der Waals surface area contributed by atoms with Gasteiger partial charge in [0.15, 0.2) is 0 Å². The molecule has 0 aromatic heterocycles. The van der Waals surface area contributed by atoms with Crippen LogP contribution in [0.3, 0.4) is 0 Å². The van der Waals surface area contributed by atoms with E-state index in [1.807, 2.05) is 72.8 Å². The average molecular weight is 1100 g/mol. The van der Waals surface area contributed by atoms with E-state index in [0.717, 1.165) is 97.4 Å². The molecule has 0 fully saturated rings. The van der Waals surface area contributed by atoms with Crippen LogP contribution in [0.15, 0.2) is 127 Å². The number of ether oxygens (including phenoxy) is 7. The topological polar surface area (TPSA) is 146 Å². The minimum absolute atomic E-state index is 0.0413. The standard InChI is InChI=1S/C20H22O3.C12H14O.C10H13BrO.C9H12O3.C3H7BrO.C3H8O2/c1-21-19-12-13-20(22-2)18(15-19)11-7-4-8-14-23-16-17-9-5-3-6-10-17;1-2-3-7-10-13-11-12-8-5-4-6-9-12;11-7-4-8-12-9-10-5-2-1-3-6-10;1-11-8-3-4-9(12-2)7(5-8)6-10;2*4-2-1-3-5/h3,5-6,9-10,12-13,15H,4,8,14,16H2,1-2H3;1,4-6,8-9H,3,7,10-11H2;1-3,5-6H,4,7-9H2;3-5,10H,6H2,1-2H3;5H,1-3H2;4-5H,1-3H2. The van der Waals surface area contributed by atoms with Gasteiger partial charge in [0.05, 0.1) is 60.4 Å². The molecule has 0 aliphatic heterocycles. The van der Waals surface area contributed by atoms with Gasteiger partial charge in [0.25, 0.3) is 0 Å². The molecule has 0 bridgehead atoms. The molecule has 0 saturated carbocycles. The highest BCUT2D eigenvalue weighted by Gasteiger charge is 2.03. The van der Waals surface area contributed by atoms with Crippen LogP contribution in [-0.2, 0) is 40.6 Å². The molecule has 0 atom stereocenters. The molecule has 70 heavy (non-hydrogen) atoms. The van der Waals surface area contributed by atoms with E-state index in [1.54, 1.807) is 46.6 Å². The highest BCUT2D eigenvalue weighted by Crippen LogP contribution is 2.24. The van der Waals surface area contributed by atoms with E-state index in [1.165, 1.54) is 16.7 Å². The summed E-state index contributed by atoms with van der Waals surface area (Å²) in [5.74, 6) is 11.8. The van der Waals surface area contributed by atoms with Gasteiger partial charge in [0.2, 0.25) is 0 Å². The minimum atomic E-state index is -0.0413. The molecule has 5 aromatic rings. The lowest BCUT2D eigenvalue weighted by Gasteiger charge is -2.07. The molecule has 11 nitrogen and oxygen atoms in total. The van der Waals surface area contributed by atoms with Crippen LogP contribution < -0.4 is 18.9 Å². The second-order valence-electron chi connectivity index (χ2n) is 14.3. The summed E-state index contributed by atoms with van der Waals surface area (Å²) in [5.41, 5.74) is 5.23. The Bertz CT molecular complexity index is 2010. The SMILES string of the molecule is BrCCCOCc1ccccc1.C#CCCCOCc1ccccc1.COc1ccc(OC)c(C#CCCCOCc2ccccc2)c1.COc1ccc(OC)c(CO)c1.OCCCBr.OCCCO. The Labute approximate surface area is 435 Å². The van der Waals surface area contributed by atoms with Gasteiger partial charge in [-0.1, -0.05) is 135 Å². The lowest BCUT2D eigenvalue weighted by molar-refractivity contribution is 0.119. The van der Waals surface area contributed by atoms with Gasteiger partial charge in [-0.3, -0.25) is 0 Å². The summed E-state index contributed by atoms with van der Waals surface area (Å²) in [7, 11) is 6.44. The third kappa shape index (κ3) is 36.1. The molecule has 0 aliphatic rings. The molecule has 13 heteroatoms. The van der Waals surface area contributed by atoms with E-state index >= 15 is 0 Å². The first-order valence-electron chi connectivity index (χ1n) is 23.1. The Morgan fingerprint density at radius 1 is 0.471 bits per heavy atom. The van der Waals surface area contributed by atoms with E-state index in [-0.39, 0.29) is 19.8 Å². The van der Waals surface area contributed by atoms with Crippen LogP contribution in [0.25, 0.3) is 0 Å². The normalized spacial score (nSPS) is 9.56. The Morgan fingerprint density at radius 3 is 1.27 bits per heavy atom. The Kier molecular flexibility index (Phi) is 45.7. The van der Waals surface area contributed by atoms with Gasteiger partial charge in [-0.25, -0.2) is 0 Å². The summed E-state index contributed by atoms with van der Waals surface area (Å²) in [6.07, 6.45) is 11.0. The number of alkyl halides is 2. The molecular formula is C57H76Br2O11. The van der Waals surface area contributed by atoms with E-state index < -0.39 is 0 Å². The molecule has 0 saturated heterocycles. The smallest absolute Gasteiger partial charge is 0.134 e. The highest BCUT2D eigenvalue weighted by molar-refractivity contribution is 9.09. The van der Waals surface area contributed by atoms with Crippen molar-refractivity contribution in [2.24, 2.45) is 0 Å². The van der Waals surface area contributed by atoms with Gasteiger partial charge in [-0.05, 0) is 85.2 Å². The Hall–Kier alpha value is -4.90. The van der Waals surface area contributed by atoms with Gasteiger partial charge in [-0.15, -0.1) is 12.3 Å². The number of aliphatic hydroxyl groups excluding tert-OH is 4. The van der Waals surface area contributed by atoms with Crippen molar-refractivity contribution in [3.8, 4) is 47.2 Å². The highest BCUT2D eigenvalue weighted by atomic mass is 79.9. The number of methoxy groups -OCH3 is 4. The van der Waals surface area contributed by atoms with E-state index in [0.29, 0.717) is 38.6 Å². The number of hydrogen-bond acceptors (Lipinski definition) is 11. The summed E-state index contributed by atoms with van der Waals surface area (Å²) in [6.45, 7) is 4.80. The number of rotatable bonds is 24. The Balaban J connectivity index is 0.000000880. The maximum absolute atomic E-state index is 8.93. The Morgan fingerprint density at radius 2 is 0.900 bits per heavy atom. The molecule has 384 valence electrons.